The van der Waals surface area contributed by atoms with Gasteiger partial charge in [-0.05, 0) is 31.5 Å². The summed E-state index contributed by atoms with van der Waals surface area (Å²) < 4.78 is 15.1. The van der Waals surface area contributed by atoms with Crippen LogP contribution in [0.3, 0.4) is 0 Å². The van der Waals surface area contributed by atoms with Crippen LogP contribution in [0.4, 0.5) is 4.39 Å². The van der Waals surface area contributed by atoms with Crippen molar-refractivity contribution in [3.63, 3.8) is 0 Å². The fraction of sp³-hybridized carbons (Fsp3) is 0.214. The molecule has 0 atom stereocenters. The molecule has 0 fully saturated rings. The minimum atomic E-state index is -0.286. The minimum absolute atomic E-state index is 0.256. The predicted molar refractivity (Wildman–Crippen MR) is 73.1 cm³/mol. The van der Waals surface area contributed by atoms with E-state index in [4.69, 9.17) is 0 Å². The molecular formula is C14H13FN4O. The zero-order chi connectivity index (χ0) is 14.3. The van der Waals surface area contributed by atoms with Crippen molar-refractivity contribution in [2.45, 2.75) is 20.4 Å². The molecule has 0 bridgehead atoms. The zero-order valence-electron chi connectivity index (χ0n) is 11.1. The lowest BCUT2D eigenvalue weighted by atomic mass is 10.2. The number of hydrogen-bond acceptors (Lipinski definition) is 3. The Kier molecular flexibility index (Phi) is 2.85. The van der Waals surface area contributed by atoms with Gasteiger partial charge < -0.3 is 9.55 Å². The summed E-state index contributed by atoms with van der Waals surface area (Å²) >= 11 is 0. The van der Waals surface area contributed by atoms with Gasteiger partial charge in [-0.25, -0.2) is 14.4 Å². The number of aromatic nitrogens is 4. The van der Waals surface area contributed by atoms with Crippen LogP contribution in [0.1, 0.15) is 17.2 Å². The maximum Gasteiger partial charge on any atom is 0.279 e. The molecule has 20 heavy (non-hydrogen) atoms. The number of aromatic amines is 1. The Morgan fingerprint density at radius 1 is 1.30 bits per heavy atom. The number of benzene rings is 1. The largest absolute Gasteiger partial charge is 0.309 e. The van der Waals surface area contributed by atoms with Crippen LogP contribution < -0.4 is 5.56 Å². The summed E-state index contributed by atoms with van der Waals surface area (Å²) in [6, 6.07) is 6.35. The van der Waals surface area contributed by atoms with E-state index in [2.05, 4.69) is 15.0 Å². The van der Waals surface area contributed by atoms with Crippen LogP contribution >= 0.6 is 0 Å². The van der Waals surface area contributed by atoms with Gasteiger partial charge in [-0.15, -0.1) is 0 Å². The number of nitrogens with one attached hydrogen (secondary N) is 1. The van der Waals surface area contributed by atoms with Crippen molar-refractivity contribution in [2.75, 3.05) is 0 Å². The van der Waals surface area contributed by atoms with Gasteiger partial charge in [0.2, 0.25) is 0 Å². The number of halogens is 1. The second kappa shape index (κ2) is 4.56. The molecule has 0 saturated carbocycles. The highest BCUT2D eigenvalue weighted by atomic mass is 19.1. The van der Waals surface area contributed by atoms with E-state index < -0.39 is 0 Å². The molecule has 102 valence electrons. The molecule has 0 saturated heterocycles. The fourth-order valence-corrected chi connectivity index (χ4v) is 2.24. The summed E-state index contributed by atoms with van der Waals surface area (Å²) in [7, 11) is 0. The van der Waals surface area contributed by atoms with Crippen LogP contribution in [0.15, 0.2) is 29.1 Å². The van der Waals surface area contributed by atoms with Crippen LogP contribution in [0, 0.1) is 19.7 Å². The number of hydrogen-bond donors (Lipinski definition) is 1. The van der Waals surface area contributed by atoms with Gasteiger partial charge in [-0.2, -0.15) is 0 Å². The molecule has 0 aliphatic carbocycles. The van der Waals surface area contributed by atoms with Crippen molar-refractivity contribution < 1.29 is 4.39 Å². The first-order chi connectivity index (χ1) is 9.54. The molecule has 2 aromatic heterocycles. The van der Waals surface area contributed by atoms with E-state index in [1.165, 1.54) is 12.1 Å². The van der Waals surface area contributed by atoms with Gasteiger partial charge in [0.1, 0.15) is 17.5 Å². The highest BCUT2D eigenvalue weighted by Crippen LogP contribution is 2.14. The Morgan fingerprint density at radius 3 is 2.85 bits per heavy atom. The van der Waals surface area contributed by atoms with Crippen LogP contribution in [0.5, 0.6) is 0 Å². The molecule has 0 aliphatic heterocycles. The highest BCUT2D eigenvalue weighted by Gasteiger charge is 2.13. The SMILES string of the molecule is Cc1nc2c(nc(C)n2Cc2cccc(F)c2)c(=O)[nH]1. The van der Waals surface area contributed by atoms with Gasteiger partial charge in [0.15, 0.2) is 11.2 Å². The maximum absolute atomic E-state index is 13.2. The monoisotopic (exact) mass is 272 g/mol. The third-order valence-electron chi connectivity index (χ3n) is 3.14. The van der Waals surface area contributed by atoms with Gasteiger partial charge in [-0.1, -0.05) is 12.1 Å². The van der Waals surface area contributed by atoms with E-state index in [-0.39, 0.29) is 11.4 Å². The van der Waals surface area contributed by atoms with Gasteiger partial charge in [0.25, 0.3) is 5.56 Å². The van der Waals surface area contributed by atoms with Crippen molar-refractivity contribution in [3.05, 3.63) is 57.6 Å². The van der Waals surface area contributed by atoms with Crippen molar-refractivity contribution in [1.29, 1.82) is 0 Å². The quantitative estimate of drug-likeness (QED) is 0.775. The summed E-state index contributed by atoms with van der Waals surface area (Å²) in [6.07, 6.45) is 0. The van der Waals surface area contributed by atoms with Crippen molar-refractivity contribution in [2.24, 2.45) is 0 Å². The van der Waals surface area contributed by atoms with Crippen LogP contribution in [0.25, 0.3) is 11.2 Å². The molecule has 0 radical (unpaired) electrons. The Morgan fingerprint density at radius 2 is 2.10 bits per heavy atom. The van der Waals surface area contributed by atoms with E-state index in [9.17, 15) is 9.18 Å². The van der Waals surface area contributed by atoms with E-state index in [1.54, 1.807) is 19.9 Å². The number of H-pyrrole nitrogens is 1. The minimum Gasteiger partial charge on any atom is -0.309 e. The first-order valence-electron chi connectivity index (χ1n) is 6.23. The smallest absolute Gasteiger partial charge is 0.279 e. The average Bonchev–Trinajstić information content (AvgIpc) is 2.68. The lowest BCUT2D eigenvalue weighted by Gasteiger charge is -2.06. The maximum atomic E-state index is 13.2. The zero-order valence-corrected chi connectivity index (χ0v) is 11.1. The van der Waals surface area contributed by atoms with Crippen LogP contribution in [-0.4, -0.2) is 19.5 Å². The van der Waals surface area contributed by atoms with E-state index in [0.717, 1.165) is 5.56 Å². The molecular weight excluding hydrogens is 259 g/mol. The van der Waals surface area contributed by atoms with Crippen LogP contribution in [0.2, 0.25) is 0 Å². The van der Waals surface area contributed by atoms with E-state index in [0.29, 0.717) is 29.4 Å². The van der Waals surface area contributed by atoms with E-state index in [1.807, 2.05) is 10.6 Å². The van der Waals surface area contributed by atoms with Gasteiger partial charge in [0.05, 0.1) is 6.54 Å². The molecule has 2 heterocycles. The Balaban J connectivity index is 2.16. The number of imidazole rings is 1. The summed E-state index contributed by atoms with van der Waals surface area (Å²) in [5.41, 5.74) is 1.37. The normalized spacial score (nSPS) is 11.2. The molecule has 1 N–H and O–H groups in total. The lowest BCUT2D eigenvalue weighted by molar-refractivity contribution is 0.623. The van der Waals surface area contributed by atoms with Gasteiger partial charge in [-0.3, -0.25) is 4.79 Å². The predicted octanol–water partition coefficient (Wildman–Crippen LogP) is 1.92. The first-order valence-corrected chi connectivity index (χ1v) is 6.23. The lowest BCUT2D eigenvalue weighted by Crippen LogP contribution is -2.11. The Labute approximate surface area is 114 Å². The summed E-state index contributed by atoms with van der Waals surface area (Å²) in [4.78, 5) is 23.0. The second-order valence-corrected chi connectivity index (χ2v) is 4.70. The molecule has 1 aromatic carbocycles. The highest BCUT2D eigenvalue weighted by molar-refractivity contribution is 5.70. The number of nitrogens with zero attached hydrogens (tertiary/aromatic N) is 3. The Bertz CT molecular complexity index is 850. The van der Waals surface area contributed by atoms with E-state index >= 15 is 0 Å². The molecule has 0 spiro atoms. The summed E-state index contributed by atoms with van der Waals surface area (Å²) in [5, 5.41) is 0. The number of rotatable bonds is 2. The van der Waals surface area contributed by atoms with Crippen molar-refractivity contribution in [1.82, 2.24) is 19.5 Å². The summed E-state index contributed by atoms with van der Waals surface area (Å²) in [5.74, 6) is 0.919. The molecule has 3 aromatic rings. The molecule has 5 nitrogen and oxygen atoms in total. The summed E-state index contributed by atoms with van der Waals surface area (Å²) in [6.45, 7) is 3.95. The Hall–Kier alpha value is -2.50. The first kappa shape index (κ1) is 12.5. The third-order valence-corrected chi connectivity index (χ3v) is 3.14. The number of fused-ring (bicyclic) bond motifs is 1. The average molecular weight is 272 g/mol. The number of aryl methyl sites for hydroxylation is 2. The van der Waals surface area contributed by atoms with Gasteiger partial charge >= 0.3 is 0 Å². The standard InChI is InChI=1S/C14H13FN4O/c1-8-16-13-12(14(20)17-8)18-9(2)19(13)7-10-4-3-5-11(15)6-10/h3-6H,7H2,1-2H3,(H,16,17,20). The molecule has 3 rings (SSSR count). The third kappa shape index (κ3) is 2.09. The molecule has 0 amide bonds. The van der Waals surface area contributed by atoms with Crippen LogP contribution in [-0.2, 0) is 6.54 Å². The van der Waals surface area contributed by atoms with Gasteiger partial charge in [0, 0.05) is 0 Å². The molecule has 0 aliphatic rings. The topological polar surface area (TPSA) is 63.6 Å². The molecule has 0 unspecified atom stereocenters. The van der Waals surface area contributed by atoms with Crippen molar-refractivity contribution in [3.8, 4) is 0 Å². The fourth-order valence-electron chi connectivity index (χ4n) is 2.24. The second-order valence-electron chi connectivity index (χ2n) is 4.70. The molecule has 6 heteroatoms. The van der Waals surface area contributed by atoms with Crippen molar-refractivity contribution >= 4 is 11.2 Å².